The minimum Gasteiger partial charge on any atom is -0.339 e. The number of hydrogen-bond acceptors (Lipinski definition) is 4. The topological polar surface area (TPSA) is 63.0 Å². The van der Waals surface area contributed by atoms with Gasteiger partial charge in [0.15, 0.2) is 11.6 Å². The van der Waals surface area contributed by atoms with Crippen molar-refractivity contribution in [3.05, 3.63) is 45.9 Å². The number of nitrogen functional groups attached to an aromatic ring is 1. The average molecular weight is 337 g/mol. The lowest BCUT2D eigenvalue weighted by atomic mass is 10.2. The van der Waals surface area contributed by atoms with Crippen LogP contribution in [0.25, 0.3) is 0 Å². The molecule has 2 rings (SSSR count). The van der Waals surface area contributed by atoms with Gasteiger partial charge in [-0.25, -0.2) is 10.8 Å². The van der Waals surface area contributed by atoms with Gasteiger partial charge in [0, 0.05) is 5.69 Å². The summed E-state index contributed by atoms with van der Waals surface area (Å²) in [4.78, 5) is 4.02. The molecule has 9 heteroatoms. The van der Waals surface area contributed by atoms with Gasteiger partial charge in [-0.2, -0.15) is 13.2 Å². The molecule has 4 N–H and O–H groups in total. The molecule has 4 nitrogen and oxygen atoms in total. The molecule has 21 heavy (non-hydrogen) atoms. The summed E-state index contributed by atoms with van der Waals surface area (Å²) in [5.74, 6) is 5.64. The van der Waals surface area contributed by atoms with Gasteiger partial charge in [-0.05, 0) is 30.3 Å². The van der Waals surface area contributed by atoms with E-state index in [1.165, 1.54) is 18.2 Å². The summed E-state index contributed by atoms with van der Waals surface area (Å²) in [6.45, 7) is 0. The zero-order chi connectivity index (χ0) is 15.6. The van der Waals surface area contributed by atoms with Crippen LogP contribution in [0.4, 0.5) is 30.5 Å². The van der Waals surface area contributed by atoms with E-state index < -0.39 is 11.7 Å². The lowest BCUT2D eigenvalue weighted by Gasteiger charge is -2.12. The molecule has 0 bridgehead atoms. The maximum atomic E-state index is 12.5. The van der Waals surface area contributed by atoms with Crippen molar-refractivity contribution in [2.45, 2.75) is 6.18 Å². The molecule has 0 spiro atoms. The molecule has 112 valence electrons. The first-order chi connectivity index (χ1) is 9.81. The van der Waals surface area contributed by atoms with E-state index in [9.17, 15) is 13.2 Å². The summed E-state index contributed by atoms with van der Waals surface area (Å²) >= 11 is 11.8. The number of nitrogens with two attached hydrogens (primary N) is 1. The van der Waals surface area contributed by atoms with E-state index in [4.69, 9.17) is 29.0 Å². The molecule has 0 aliphatic rings. The molecule has 0 saturated carbocycles. The third-order valence-electron chi connectivity index (χ3n) is 2.54. The van der Waals surface area contributed by atoms with Crippen LogP contribution < -0.4 is 16.6 Å². The fourth-order valence-corrected chi connectivity index (χ4v) is 2.00. The van der Waals surface area contributed by atoms with Crippen molar-refractivity contribution in [1.29, 1.82) is 0 Å². The van der Waals surface area contributed by atoms with Crippen LogP contribution in [-0.4, -0.2) is 4.98 Å². The van der Waals surface area contributed by atoms with Crippen LogP contribution in [0.3, 0.4) is 0 Å². The molecule has 0 aliphatic heterocycles. The molecule has 1 aromatic carbocycles. The van der Waals surface area contributed by atoms with Crippen LogP contribution in [0.5, 0.6) is 0 Å². The van der Waals surface area contributed by atoms with Gasteiger partial charge in [0.1, 0.15) is 0 Å². The second-order valence-corrected chi connectivity index (χ2v) is 4.81. The molecule has 2 aromatic rings. The number of pyridine rings is 1. The zero-order valence-electron chi connectivity index (χ0n) is 10.3. The monoisotopic (exact) mass is 336 g/mol. The Morgan fingerprint density at radius 1 is 1.00 bits per heavy atom. The van der Waals surface area contributed by atoms with Crippen molar-refractivity contribution in [2.24, 2.45) is 5.84 Å². The summed E-state index contributed by atoms with van der Waals surface area (Å²) in [6.07, 6.45) is -4.38. The highest BCUT2D eigenvalue weighted by Crippen LogP contribution is 2.32. The number of hydrogen-bond donors (Lipinski definition) is 3. The van der Waals surface area contributed by atoms with Gasteiger partial charge in [-0.3, -0.25) is 0 Å². The Balaban J connectivity index is 2.26. The second-order valence-electron chi connectivity index (χ2n) is 3.99. The summed E-state index contributed by atoms with van der Waals surface area (Å²) in [7, 11) is 0. The van der Waals surface area contributed by atoms with E-state index in [2.05, 4.69) is 15.7 Å². The average Bonchev–Trinajstić information content (AvgIpc) is 2.41. The minimum atomic E-state index is -4.38. The summed E-state index contributed by atoms with van der Waals surface area (Å²) in [5.41, 5.74) is 1.94. The third-order valence-corrected chi connectivity index (χ3v) is 3.12. The maximum absolute atomic E-state index is 12.5. The highest BCUT2D eigenvalue weighted by molar-refractivity contribution is 6.37. The fourth-order valence-electron chi connectivity index (χ4n) is 1.53. The number of benzene rings is 1. The predicted molar refractivity (Wildman–Crippen MR) is 76.8 cm³/mol. The van der Waals surface area contributed by atoms with Gasteiger partial charge < -0.3 is 10.7 Å². The Labute approximate surface area is 128 Å². The molecule has 0 atom stereocenters. The normalized spacial score (nSPS) is 11.3. The standard InChI is InChI=1S/C12H9Cl2F3N4/c13-8-5-9(14)11(21-18)20-10(8)19-7-3-1-6(2-4-7)12(15,16)17/h1-5H,18H2,(H2,19,20,21). The first-order valence-electron chi connectivity index (χ1n) is 5.58. The van der Waals surface area contributed by atoms with E-state index in [0.29, 0.717) is 5.69 Å². The summed E-state index contributed by atoms with van der Waals surface area (Å²) in [5, 5.41) is 3.22. The van der Waals surface area contributed by atoms with Gasteiger partial charge in [0.05, 0.1) is 15.6 Å². The minimum absolute atomic E-state index is 0.190. The zero-order valence-corrected chi connectivity index (χ0v) is 11.8. The Bertz CT molecular complexity index is 644. The number of anilines is 3. The molecule has 0 saturated heterocycles. The molecule has 0 radical (unpaired) electrons. The van der Waals surface area contributed by atoms with Gasteiger partial charge in [-0.15, -0.1) is 0 Å². The number of nitrogens with one attached hydrogen (secondary N) is 2. The van der Waals surface area contributed by atoms with E-state index in [-0.39, 0.29) is 21.7 Å². The van der Waals surface area contributed by atoms with Crippen molar-refractivity contribution in [1.82, 2.24) is 4.98 Å². The summed E-state index contributed by atoms with van der Waals surface area (Å²) in [6, 6.07) is 5.86. The van der Waals surface area contributed by atoms with Gasteiger partial charge in [0.25, 0.3) is 0 Å². The van der Waals surface area contributed by atoms with Crippen LogP contribution >= 0.6 is 23.2 Å². The number of rotatable bonds is 3. The van der Waals surface area contributed by atoms with Crippen molar-refractivity contribution in [2.75, 3.05) is 10.7 Å². The Hall–Kier alpha value is -1.70. The van der Waals surface area contributed by atoms with Crippen LogP contribution in [0.15, 0.2) is 30.3 Å². The molecular weight excluding hydrogens is 328 g/mol. The molecular formula is C12H9Cl2F3N4. The highest BCUT2D eigenvalue weighted by atomic mass is 35.5. The van der Waals surface area contributed by atoms with E-state index in [1.807, 2.05) is 0 Å². The van der Waals surface area contributed by atoms with Crippen LogP contribution in [0, 0.1) is 0 Å². The molecule has 0 aliphatic carbocycles. The van der Waals surface area contributed by atoms with Gasteiger partial charge in [-0.1, -0.05) is 23.2 Å². The maximum Gasteiger partial charge on any atom is 0.416 e. The third kappa shape index (κ3) is 3.69. The fraction of sp³-hybridized carbons (Fsp3) is 0.0833. The SMILES string of the molecule is NNc1nc(Nc2ccc(C(F)(F)F)cc2)c(Cl)cc1Cl. The number of alkyl halides is 3. The first kappa shape index (κ1) is 15.7. The highest BCUT2D eigenvalue weighted by Gasteiger charge is 2.29. The second kappa shape index (κ2) is 5.97. The van der Waals surface area contributed by atoms with Crippen molar-refractivity contribution in [3.63, 3.8) is 0 Å². The van der Waals surface area contributed by atoms with Crippen LogP contribution in [0.1, 0.15) is 5.56 Å². The van der Waals surface area contributed by atoms with Crippen molar-refractivity contribution >= 4 is 40.5 Å². The number of halogens is 5. The predicted octanol–water partition coefficient (Wildman–Crippen LogP) is 4.44. The number of nitrogens with zero attached hydrogens (tertiary/aromatic N) is 1. The largest absolute Gasteiger partial charge is 0.416 e. The van der Waals surface area contributed by atoms with Crippen LogP contribution in [-0.2, 0) is 6.18 Å². The Morgan fingerprint density at radius 3 is 2.10 bits per heavy atom. The smallest absolute Gasteiger partial charge is 0.339 e. The van der Waals surface area contributed by atoms with Gasteiger partial charge in [0.2, 0.25) is 0 Å². The molecule has 1 aromatic heterocycles. The number of aromatic nitrogens is 1. The summed E-state index contributed by atoms with van der Waals surface area (Å²) < 4.78 is 37.4. The Morgan fingerprint density at radius 2 is 1.57 bits per heavy atom. The van der Waals surface area contributed by atoms with Crippen molar-refractivity contribution < 1.29 is 13.2 Å². The molecule has 0 amide bonds. The van der Waals surface area contributed by atoms with Gasteiger partial charge >= 0.3 is 6.18 Å². The van der Waals surface area contributed by atoms with Crippen LogP contribution in [0.2, 0.25) is 10.0 Å². The lowest BCUT2D eigenvalue weighted by molar-refractivity contribution is -0.137. The molecule has 0 fully saturated rings. The van der Waals surface area contributed by atoms with E-state index in [0.717, 1.165) is 12.1 Å². The lowest BCUT2D eigenvalue weighted by Crippen LogP contribution is -2.10. The van der Waals surface area contributed by atoms with Crippen molar-refractivity contribution in [3.8, 4) is 0 Å². The quantitative estimate of drug-likeness (QED) is 0.572. The van der Waals surface area contributed by atoms with E-state index in [1.54, 1.807) is 0 Å². The molecule has 0 unspecified atom stereocenters. The van der Waals surface area contributed by atoms with E-state index >= 15 is 0 Å². The number of hydrazine groups is 1. The Kier molecular flexibility index (Phi) is 4.46. The molecule has 1 heterocycles. The first-order valence-corrected chi connectivity index (χ1v) is 6.34.